The number of hydrogen-bond acceptors (Lipinski definition) is 3. The van der Waals surface area contributed by atoms with Gasteiger partial charge in [-0.3, -0.25) is 0 Å². The van der Waals surface area contributed by atoms with E-state index in [-0.39, 0.29) is 0 Å². The number of nitrogens with zero attached hydrogens (tertiary/aromatic N) is 2. The summed E-state index contributed by atoms with van der Waals surface area (Å²) in [6, 6.07) is 34.6. The molecule has 4 aromatic carbocycles. The number of rotatable bonds is 0. The minimum atomic E-state index is 0.734. The molecule has 0 fully saturated rings. The van der Waals surface area contributed by atoms with Crippen molar-refractivity contribution in [1.82, 2.24) is 9.97 Å². The summed E-state index contributed by atoms with van der Waals surface area (Å²) in [4.78, 5) is 9.13. The van der Waals surface area contributed by atoms with Crippen LogP contribution in [0.1, 0.15) is 0 Å². The summed E-state index contributed by atoms with van der Waals surface area (Å²) in [5, 5.41) is 4.64. The molecule has 138 valence electrons. The van der Waals surface area contributed by atoms with Crippen LogP contribution in [0.3, 0.4) is 0 Å². The first-order valence-corrected chi connectivity index (χ1v) is 9.56. The Hall–Kier alpha value is -3.98. The molecule has 0 radical (unpaired) electrons. The van der Waals surface area contributed by atoms with E-state index < -0.39 is 0 Å². The highest BCUT2D eigenvalue weighted by molar-refractivity contribution is 5.97. The van der Waals surface area contributed by atoms with Crippen LogP contribution in [0.4, 0.5) is 5.69 Å². The van der Waals surface area contributed by atoms with Gasteiger partial charge in [-0.05, 0) is 36.4 Å². The second kappa shape index (κ2) is 7.21. The largest absolute Gasteiger partial charge is 0.397 e. The van der Waals surface area contributed by atoms with Gasteiger partial charge in [0.2, 0.25) is 0 Å². The number of anilines is 1. The van der Waals surface area contributed by atoms with Crippen LogP contribution in [-0.2, 0) is 0 Å². The second-order valence-corrected chi connectivity index (χ2v) is 6.97. The number of nitrogens with two attached hydrogens (primary N) is 1. The summed E-state index contributed by atoms with van der Waals surface area (Å²) in [6.07, 6.45) is 0. The Balaban J connectivity index is 0.000000125. The molecule has 6 rings (SSSR count). The monoisotopic (exact) mass is 373 g/mol. The van der Waals surface area contributed by atoms with Crippen molar-refractivity contribution in [3.63, 3.8) is 0 Å². The summed E-state index contributed by atoms with van der Waals surface area (Å²) in [5.41, 5.74) is 10.6. The number of benzene rings is 4. The van der Waals surface area contributed by atoms with E-state index in [4.69, 9.17) is 5.73 Å². The summed E-state index contributed by atoms with van der Waals surface area (Å²) in [7, 11) is 0. The standard InChI is InChI=1S/C13H10N2.C13H9N/c14-11-6-3-5-10-8-9-4-1-2-7-12(9)15-13(10)11;1-3-7-12-10(5-1)9-11-6-2-4-8-13(11)14-12/h1-8H,14H2;1-9H. The van der Waals surface area contributed by atoms with E-state index in [1.165, 1.54) is 10.8 Å². The summed E-state index contributed by atoms with van der Waals surface area (Å²) in [5.74, 6) is 0. The van der Waals surface area contributed by atoms with Gasteiger partial charge in [-0.1, -0.05) is 66.7 Å². The van der Waals surface area contributed by atoms with E-state index in [9.17, 15) is 0 Å². The van der Waals surface area contributed by atoms with Crippen LogP contribution in [0.15, 0.2) is 103 Å². The molecule has 0 amide bonds. The van der Waals surface area contributed by atoms with Gasteiger partial charge in [-0.15, -0.1) is 0 Å². The van der Waals surface area contributed by atoms with Gasteiger partial charge in [0.05, 0.1) is 27.8 Å². The third kappa shape index (κ3) is 3.34. The number of pyridine rings is 2. The molecular formula is C26H19N3. The Kier molecular flexibility index (Phi) is 4.26. The van der Waals surface area contributed by atoms with Crippen molar-refractivity contribution in [2.24, 2.45) is 0 Å². The highest BCUT2D eigenvalue weighted by atomic mass is 14.7. The Labute approximate surface area is 168 Å². The van der Waals surface area contributed by atoms with Crippen molar-refractivity contribution >= 4 is 49.3 Å². The molecule has 0 unspecified atom stereocenters. The molecule has 3 heteroatoms. The molecule has 0 aliphatic heterocycles. The Morgan fingerprint density at radius 3 is 1.48 bits per heavy atom. The van der Waals surface area contributed by atoms with Crippen molar-refractivity contribution in [2.45, 2.75) is 0 Å². The van der Waals surface area contributed by atoms with E-state index >= 15 is 0 Å². The lowest BCUT2D eigenvalue weighted by Crippen LogP contribution is -1.89. The number of fused-ring (bicyclic) bond motifs is 4. The predicted molar refractivity (Wildman–Crippen MR) is 123 cm³/mol. The normalized spacial score (nSPS) is 10.9. The Bertz CT molecular complexity index is 1370. The second-order valence-electron chi connectivity index (χ2n) is 6.97. The molecule has 29 heavy (non-hydrogen) atoms. The van der Waals surface area contributed by atoms with Crippen LogP contribution in [0.5, 0.6) is 0 Å². The zero-order valence-electron chi connectivity index (χ0n) is 15.8. The van der Waals surface area contributed by atoms with E-state index in [0.29, 0.717) is 0 Å². The highest BCUT2D eigenvalue weighted by Crippen LogP contribution is 2.23. The molecule has 0 spiro atoms. The van der Waals surface area contributed by atoms with E-state index in [0.717, 1.165) is 38.5 Å². The van der Waals surface area contributed by atoms with Gasteiger partial charge in [0, 0.05) is 21.5 Å². The molecule has 0 aliphatic carbocycles. The average Bonchev–Trinajstić information content (AvgIpc) is 2.77. The first-order valence-electron chi connectivity index (χ1n) is 9.56. The van der Waals surface area contributed by atoms with Gasteiger partial charge in [-0.2, -0.15) is 0 Å². The molecule has 2 aromatic heterocycles. The molecule has 6 aromatic rings. The van der Waals surface area contributed by atoms with E-state index in [1.54, 1.807) is 0 Å². The maximum atomic E-state index is 5.88. The molecule has 2 heterocycles. The van der Waals surface area contributed by atoms with Crippen molar-refractivity contribution in [3.05, 3.63) is 103 Å². The van der Waals surface area contributed by atoms with Crippen LogP contribution >= 0.6 is 0 Å². The first-order chi connectivity index (χ1) is 14.3. The minimum absolute atomic E-state index is 0.734. The quantitative estimate of drug-likeness (QED) is 0.249. The number of hydrogen-bond donors (Lipinski definition) is 1. The van der Waals surface area contributed by atoms with Gasteiger partial charge in [-0.25, -0.2) is 9.97 Å². The fourth-order valence-corrected chi connectivity index (χ4v) is 3.55. The Morgan fingerprint density at radius 2 is 0.897 bits per heavy atom. The van der Waals surface area contributed by atoms with Crippen molar-refractivity contribution in [2.75, 3.05) is 5.73 Å². The molecule has 0 saturated heterocycles. The molecule has 0 saturated carbocycles. The molecule has 2 N–H and O–H groups in total. The maximum absolute atomic E-state index is 5.88. The summed E-state index contributed by atoms with van der Waals surface area (Å²) in [6.45, 7) is 0. The van der Waals surface area contributed by atoms with Crippen LogP contribution in [0.25, 0.3) is 43.6 Å². The number of para-hydroxylation sites is 4. The predicted octanol–water partition coefficient (Wildman–Crippen LogP) is 6.36. The van der Waals surface area contributed by atoms with Crippen molar-refractivity contribution < 1.29 is 0 Å². The van der Waals surface area contributed by atoms with Gasteiger partial charge in [0.25, 0.3) is 0 Å². The van der Waals surface area contributed by atoms with Crippen LogP contribution in [0, 0.1) is 0 Å². The average molecular weight is 373 g/mol. The smallest absolute Gasteiger partial charge is 0.0938 e. The Morgan fingerprint density at radius 1 is 0.448 bits per heavy atom. The summed E-state index contributed by atoms with van der Waals surface area (Å²) >= 11 is 0. The zero-order chi connectivity index (χ0) is 19.6. The van der Waals surface area contributed by atoms with Crippen LogP contribution in [-0.4, -0.2) is 9.97 Å². The van der Waals surface area contributed by atoms with Gasteiger partial charge in [0.1, 0.15) is 0 Å². The zero-order valence-corrected chi connectivity index (χ0v) is 15.8. The lowest BCUT2D eigenvalue weighted by atomic mass is 10.1. The fraction of sp³-hybridized carbons (Fsp3) is 0. The lowest BCUT2D eigenvalue weighted by Gasteiger charge is -2.03. The van der Waals surface area contributed by atoms with E-state index in [2.05, 4.69) is 40.3 Å². The van der Waals surface area contributed by atoms with Crippen molar-refractivity contribution in [1.29, 1.82) is 0 Å². The van der Waals surface area contributed by atoms with Crippen LogP contribution in [0.2, 0.25) is 0 Å². The number of nitrogen functional groups attached to an aromatic ring is 1. The van der Waals surface area contributed by atoms with Crippen molar-refractivity contribution in [3.8, 4) is 0 Å². The molecule has 0 atom stereocenters. The first kappa shape index (κ1) is 17.1. The molecular weight excluding hydrogens is 354 g/mol. The summed E-state index contributed by atoms with van der Waals surface area (Å²) < 4.78 is 0. The fourth-order valence-electron chi connectivity index (χ4n) is 3.55. The lowest BCUT2D eigenvalue weighted by molar-refractivity contribution is 1.50. The molecule has 0 bridgehead atoms. The minimum Gasteiger partial charge on any atom is -0.397 e. The third-order valence-corrected chi connectivity index (χ3v) is 5.00. The number of aromatic nitrogens is 2. The van der Waals surface area contributed by atoms with Gasteiger partial charge in [0.15, 0.2) is 0 Å². The maximum Gasteiger partial charge on any atom is 0.0938 e. The highest BCUT2D eigenvalue weighted by Gasteiger charge is 2.01. The molecule has 3 nitrogen and oxygen atoms in total. The van der Waals surface area contributed by atoms with Gasteiger partial charge < -0.3 is 5.73 Å². The van der Waals surface area contributed by atoms with E-state index in [1.807, 2.05) is 72.8 Å². The molecule has 0 aliphatic rings. The van der Waals surface area contributed by atoms with Crippen LogP contribution < -0.4 is 5.73 Å². The third-order valence-electron chi connectivity index (χ3n) is 5.00. The topological polar surface area (TPSA) is 51.8 Å². The van der Waals surface area contributed by atoms with Gasteiger partial charge >= 0.3 is 0 Å². The SMILES string of the molecule is Nc1cccc2cc3ccccc3nc12.c1ccc2nc3ccccc3cc2c1.